The van der Waals surface area contributed by atoms with Crippen LogP contribution >= 0.6 is 0 Å². The summed E-state index contributed by atoms with van der Waals surface area (Å²) in [5, 5.41) is 2.79. The van der Waals surface area contributed by atoms with Gasteiger partial charge in [0.2, 0.25) is 5.91 Å². The van der Waals surface area contributed by atoms with E-state index in [1.54, 1.807) is 0 Å². The zero-order chi connectivity index (χ0) is 11.6. The molecule has 0 spiro atoms. The lowest BCUT2D eigenvalue weighted by Gasteiger charge is -2.20. The van der Waals surface area contributed by atoms with Crippen LogP contribution in [0.3, 0.4) is 0 Å². The van der Waals surface area contributed by atoms with Gasteiger partial charge in [-0.1, -0.05) is 0 Å². The molecule has 0 aromatic carbocycles. The average Bonchev–Trinajstić information content (AvgIpc) is 2.25. The van der Waals surface area contributed by atoms with Crippen LogP contribution < -0.4 is 5.32 Å². The summed E-state index contributed by atoms with van der Waals surface area (Å²) in [5.74, 6) is -0.542. The molecule has 1 heterocycles. The van der Waals surface area contributed by atoms with E-state index >= 15 is 0 Å². The maximum atomic E-state index is 11.5. The first-order chi connectivity index (χ1) is 6.78. The van der Waals surface area contributed by atoms with E-state index in [1.807, 2.05) is 27.7 Å². The van der Waals surface area contributed by atoms with Crippen LogP contribution in [0.15, 0.2) is 0 Å². The normalized spacial score (nSPS) is 26.3. The van der Waals surface area contributed by atoms with Crippen molar-refractivity contribution in [2.24, 2.45) is 5.92 Å². The van der Waals surface area contributed by atoms with Crippen molar-refractivity contribution >= 4 is 11.9 Å². The summed E-state index contributed by atoms with van der Waals surface area (Å²) in [5.41, 5.74) is -0.474. The number of hydrogen-bond donors (Lipinski definition) is 1. The summed E-state index contributed by atoms with van der Waals surface area (Å²) < 4.78 is 5.16. The molecule has 4 heteroatoms. The fourth-order valence-electron chi connectivity index (χ4n) is 1.71. The summed E-state index contributed by atoms with van der Waals surface area (Å²) >= 11 is 0. The molecule has 0 aromatic heterocycles. The van der Waals surface area contributed by atoms with Crippen molar-refractivity contribution in [3.05, 3.63) is 0 Å². The van der Waals surface area contributed by atoms with Crippen molar-refractivity contribution in [1.82, 2.24) is 5.32 Å². The van der Waals surface area contributed by atoms with E-state index in [1.165, 1.54) is 0 Å². The molecule has 1 aliphatic heterocycles. The van der Waals surface area contributed by atoms with Crippen LogP contribution in [0, 0.1) is 5.92 Å². The molecule has 1 amide bonds. The Bertz CT molecular complexity index is 267. The lowest BCUT2D eigenvalue weighted by Crippen LogP contribution is -2.28. The Hall–Kier alpha value is -1.06. The third kappa shape index (κ3) is 3.90. The van der Waals surface area contributed by atoms with Gasteiger partial charge in [0.15, 0.2) is 0 Å². The third-order valence-corrected chi connectivity index (χ3v) is 2.23. The van der Waals surface area contributed by atoms with Crippen LogP contribution in [0.4, 0.5) is 0 Å². The molecule has 1 fully saturated rings. The monoisotopic (exact) mass is 213 g/mol. The van der Waals surface area contributed by atoms with Crippen LogP contribution in [0.5, 0.6) is 0 Å². The summed E-state index contributed by atoms with van der Waals surface area (Å²) in [7, 11) is 0. The van der Waals surface area contributed by atoms with Gasteiger partial charge in [-0.2, -0.15) is 0 Å². The number of amides is 1. The van der Waals surface area contributed by atoms with Crippen molar-refractivity contribution in [3.8, 4) is 0 Å². The molecule has 0 aromatic rings. The summed E-state index contributed by atoms with van der Waals surface area (Å²) in [4.78, 5) is 22.8. The maximum Gasteiger partial charge on any atom is 0.307 e. The van der Waals surface area contributed by atoms with E-state index < -0.39 is 5.60 Å². The number of carbonyl (C=O) groups excluding carboxylic acids is 2. The number of hydrogen-bond acceptors (Lipinski definition) is 3. The van der Waals surface area contributed by atoms with E-state index in [0.717, 1.165) is 6.42 Å². The van der Waals surface area contributed by atoms with Crippen molar-refractivity contribution in [2.75, 3.05) is 0 Å². The number of ether oxygens (including phenoxy) is 1. The lowest BCUT2D eigenvalue weighted by molar-refractivity contribution is -0.156. The average molecular weight is 213 g/mol. The summed E-state index contributed by atoms with van der Waals surface area (Å²) in [6, 6.07) is 0.171. The van der Waals surface area contributed by atoms with Crippen molar-refractivity contribution in [1.29, 1.82) is 0 Å². The summed E-state index contributed by atoms with van der Waals surface area (Å²) in [6.45, 7) is 7.40. The lowest BCUT2D eigenvalue weighted by atomic mass is 10.0. The fourth-order valence-corrected chi connectivity index (χ4v) is 1.71. The van der Waals surface area contributed by atoms with Gasteiger partial charge in [0.05, 0.1) is 12.3 Å². The molecule has 2 atom stereocenters. The minimum atomic E-state index is -0.474. The second-order valence-electron chi connectivity index (χ2n) is 5.13. The number of nitrogens with one attached hydrogen (secondary N) is 1. The van der Waals surface area contributed by atoms with Crippen LogP contribution in [0.2, 0.25) is 0 Å². The Kier molecular flexibility index (Phi) is 3.37. The first-order valence-corrected chi connectivity index (χ1v) is 5.30. The van der Waals surface area contributed by atoms with Gasteiger partial charge in [-0.3, -0.25) is 9.59 Å². The van der Waals surface area contributed by atoms with Gasteiger partial charge in [-0.15, -0.1) is 0 Å². The minimum absolute atomic E-state index is 0.0339. The van der Waals surface area contributed by atoms with Crippen molar-refractivity contribution < 1.29 is 14.3 Å². The van der Waals surface area contributed by atoms with Gasteiger partial charge < -0.3 is 10.1 Å². The molecule has 1 rings (SSSR count). The first kappa shape index (κ1) is 12.0. The molecule has 0 radical (unpaired) electrons. The van der Waals surface area contributed by atoms with E-state index in [-0.39, 0.29) is 30.3 Å². The molecule has 4 nitrogen and oxygen atoms in total. The Morgan fingerprint density at radius 2 is 2.13 bits per heavy atom. The maximum absolute atomic E-state index is 11.5. The molecule has 15 heavy (non-hydrogen) atoms. The molecule has 0 bridgehead atoms. The van der Waals surface area contributed by atoms with Gasteiger partial charge in [0.1, 0.15) is 5.60 Å². The highest BCUT2D eigenvalue weighted by atomic mass is 16.6. The van der Waals surface area contributed by atoms with E-state index in [4.69, 9.17) is 4.74 Å². The molecule has 86 valence electrons. The van der Waals surface area contributed by atoms with Gasteiger partial charge in [-0.05, 0) is 34.1 Å². The van der Waals surface area contributed by atoms with Crippen LogP contribution in [-0.2, 0) is 14.3 Å². The molecule has 0 saturated carbocycles. The molecule has 1 aliphatic rings. The van der Waals surface area contributed by atoms with E-state index in [9.17, 15) is 9.59 Å². The van der Waals surface area contributed by atoms with Gasteiger partial charge in [0, 0.05) is 6.04 Å². The van der Waals surface area contributed by atoms with Gasteiger partial charge in [-0.25, -0.2) is 0 Å². The van der Waals surface area contributed by atoms with Crippen LogP contribution in [-0.4, -0.2) is 23.5 Å². The van der Waals surface area contributed by atoms with Crippen LogP contribution in [0.25, 0.3) is 0 Å². The van der Waals surface area contributed by atoms with Gasteiger partial charge >= 0.3 is 5.97 Å². The summed E-state index contributed by atoms with van der Waals surface area (Å²) in [6.07, 6.45) is 0.908. The first-order valence-electron chi connectivity index (χ1n) is 5.30. The molecule has 1 N–H and O–H groups in total. The molecule has 0 aliphatic carbocycles. The van der Waals surface area contributed by atoms with E-state index in [0.29, 0.717) is 0 Å². The molecular weight excluding hydrogens is 194 g/mol. The van der Waals surface area contributed by atoms with Gasteiger partial charge in [0.25, 0.3) is 0 Å². The van der Waals surface area contributed by atoms with Crippen molar-refractivity contribution in [2.45, 2.75) is 52.2 Å². The highest BCUT2D eigenvalue weighted by Gasteiger charge is 2.32. The molecular formula is C11H19NO3. The van der Waals surface area contributed by atoms with E-state index in [2.05, 4.69) is 5.32 Å². The second kappa shape index (κ2) is 4.21. The predicted octanol–water partition coefficient (Wildman–Crippen LogP) is 1.24. The highest BCUT2D eigenvalue weighted by Crippen LogP contribution is 2.20. The number of esters is 1. The Balaban J connectivity index is 2.42. The molecule has 2 unspecified atom stereocenters. The Morgan fingerprint density at radius 1 is 1.53 bits per heavy atom. The fraction of sp³-hybridized carbons (Fsp3) is 0.818. The third-order valence-electron chi connectivity index (χ3n) is 2.23. The Morgan fingerprint density at radius 3 is 2.53 bits per heavy atom. The SMILES string of the molecule is CC1CC(CC(=O)OC(C)(C)C)C(=O)N1. The Labute approximate surface area is 90.4 Å². The standard InChI is InChI=1S/C11H19NO3/c1-7-5-8(10(14)12-7)6-9(13)15-11(2,3)4/h7-8H,5-6H2,1-4H3,(H,12,14). The smallest absolute Gasteiger partial charge is 0.307 e. The quantitative estimate of drug-likeness (QED) is 0.702. The van der Waals surface area contributed by atoms with Crippen molar-refractivity contribution in [3.63, 3.8) is 0 Å². The number of carbonyl (C=O) groups is 2. The zero-order valence-corrected chi connectivity index (χ0v) is 9.79. The molecule has 1 saturated heterocycles. The topological polar surface area (TPSA) is 55.4 Å². The second-order valence-corrected chi connectivity index (χ2v) is 5.13. The zero-order valence-electron chi connectivity index (χ0n) is 9.79. The number of rotatable bonds is 2. The van der Waals surface area contributed by atoms with Crippen LogP contribution in [0.1, 0.15) is 40.5 Å². The largest absolute Gasteiger partial charge is 0.460 e. The minimum Gasteiger partial charge on any atom is -0.460 e. The highest BCUT2D eigenvalue weighted by molar-refractivity contribution is 5.85. The predicted molar refractivity (Wildman–Crippen MR) is 56.2 cm³/mol.